The number of nitrogens with zero attached hydrogens (tertiary/aromatic N) is 1. The fourth-order valence-electron chi connectivity index (χ4n) is 2.50. The molecule has 3 aromatic rings. The fraction of sp³-hybridized carbons (Fsp3) is 0.100. The van der Waals surface area contributed by atoms with Gasteiger partial charge in [-0.1, -0.05) is 24.3 Å². The minimum Gasteiger partial charge on any atom is -0.348 e. The fourth-order valence-corrected chi connectivity index (χ4v) is 2.50. The van der Waals surface area contributed by atoms with Gasteiger partial charge >= 0.3 is 6.18 Å². The van der Waals surface area contributed by atoms with E-state index in [0.29, 0.717) is 5.56 Å². The Morgan fingerprint density at radius 2 is 1.71 bits per heavy atom. The number of amides is 1. The molecule has 144 valence electrons. The molecule has 0 saturated carbocycles. The van der Waals surface area contributed by atoms with Crippen LogP contribution in [0.3, 0.4) is 0 Å². The van der Waals surface area contributed by atoms with Gasteiger partial charge in [0.25, 0.3) is 5.91 Å². The smallest absolute Gasteiger partial charge is 0.348 e. The summed E-state index contributed by atoms with van der Waals surface area (Å²) in [6.07, 6.45) is -3.20. The molecule has 0 radical (unpaired) electrons. The summed E-state index contributed by atoms with van der Waals surface area (Å²) in [6, 6.07) is 13.5. The number of hydrogen-bond donors (Lipinski definition) is 2. The minimum absolute atomic E-state index is 0.103. The first-order valence-corrected chi connectivity index (χ1v) is 8.25. The van der Waals surface area contributed by atoms with E-state index >= 15 is 0 Å². The van der Waals surface area contributed by atoms with Crippen molar-refractivity contribution < 1.29 is 22.4 Å². The number of benzene rings is 2. The Morgan fingerprint density at radius 3 is 2.43 bits per heavy atom. The number of rotatable bonds is 5. The van der Waals surface area contributed by atoms with Crippen LogP contribution in [-0.4, -0.2) is 10.9 Å². The van der Waals surface area contributed by atoms with Gasteiger partial charge in [-0.05, 0) is 42.0 Å². The Balaban J connectivity index is 1.72. The Morgan fingerprint density at radius 1 is 1.00 bits per heavy atom. The van der Waals surface area contributed by atoms with Crippen LogP contribution in [0.1, 0.15) is 21.5 Å². The van der Waals surface area contributed by atoms with Gasteiger partial charge in [0.05, 0.1) is 11.3 Å². The van der Waals surface area contributed by atoms with Crippen LogP contribution in [-0.2, 0) is 12.7 Å². The predicted octanol–water partition coefficient (Wildman–Crippen LogP) is 4.91. The molecule has 28 heavy (non-hydrogen) atoms. The van der Waals surface area contributed by atoms with Crippen LogP contribution in [0.15, 0.2) is 66.9 Å². The molecule has 0 saturated heterocycles. The number of pyridine rings is 1. The maximum absolute atomic E-state index is 13.1. The van der Waals surface area contributed by atoms with Gasteiger partial charge in [0.2, 0.25) is 0 Å². The third-order valence-corrected chi connectivity index (χ3v) is 3.88. The molecular formula is C20H15F4N3O. The summed E-state index contributed by atoms with van der Waals surface area (Å²) in [7, 11) is 0. The van der Waals surface area contributed by atoms with E-state index in [1.807, 2.05) is 0 Å². The molecule has 0 aliphatic rings. The molecule has 0 unspecified atom stereocenters. The lowest BCUT2D eigenvalue weighted by Crippen LogP contribution is -2.23. The van der Waals surface area contributed by atoms with E-state index in [2.05, 4.69) is 15.6 Å². The number of aromatic nitrogens is 1. The zero-order valence-corrected chi connectivity index (χ0v) is 14.4. The second-order valence-corrected chi connectivity index (χ2v) is 5.91. The molecule has 0 aliphatic carbocycles. The lowest BCUT2D eigenvalue weighted by molar-refractivity contribution is -0.136. The topological polar surface area (TPSA) is 54.0 Å². The molecule has 1 heterocycles. The Labute approximate surface area is 158 Å². The Kier molecular flexibility index (Phi) is 5.58. The van der Waals surface area contributed by atoms with Crippen molar-refractivity contribution in [2.45, 2.75) is 12.7 Å². The van der Waals surface area contributed by atoms with Gasteiger partial charge in [-0.2, -0.15) is 13.2 Å². The Bertz CT molecular complexity index is 972. The molecule has 0 bridgehead atoms. The van der Waals surface area contributed by atoms with Crippen molar-refractivity contribution in [1.29, 1.82) is 0 Å². The van der Waals surface area contributed by atoms with Gasteiger partial charge in [-0.25, -0.2) is 9.37 Å². The highest BCUT2D eigenvalue weighted by atomic mass is 19.4. The van der Waals surface area contributed by atoms with E-state index in [4.69, 9.17) is 0 Å². The molecule has 0 spiro atoms. The van der Waals surface area contributed by atoms with E-state index < -0.39 is 17.6 Å². The van der Waals surface area contributed by atoms with Crippen LogP contribution in [0, 0.1) is 5.82 Å². The summed E-state index contributed by atoms with van der Waals surface area (Å²) in [5, 5.41) is 5.27. The number of para-hydroxylation sites is 1. The van der Waals surface area contributed by atoms with Crippen LogP contribution in [0.25, 0.3) is 0 Å². The van der Waals surface area contributed by atoms with E-state index in [0.717, 1.165) is 6.07 Å². The largest absolute Gasteiger partial charge is 0.418 e. The average molecular weight is 389 g/mol. The molecule has 2 aromatic carbocycles. The molecule has 8 heteroatoms. The standard InChI is InChI=1S/C20H15F4N3O/c21-15-7-5-13(6-8-15)12-26-19(28)14-9-10-25-18(11-14)27-17-4-2-1-3-16(17)20(22,23)24/h1-11H,12H2,(H,25,27)(H,26,28). The summed E-state index contributed by atoms with van der Waals surface area (Å²) in [5.41, 5.74) is -0.0558. The monoisotopic (exact) mass is 389 g/mol. The number of hydrogen-bond acceptors (Lipinski definition) is 3. The van der Waals surface area contributed by atoms with Crippen LogP contribution in [0.5, 0.6) is 0 Å². The van der Waals surface area contributed by atoms with Gasteiger partial charge in [0, 0.05) is 18.3 Å². The highest BCUT2D eigenvalue weighted by molar-refractivity contribution is 5.94. The van der Waals surface area contributed by atoms with E-state index in [1.54, 1.807) is 12.1 Å². The third kappa shape index (κ3) is 4.85. The SMILES string of the molecule is O=C(NCc1ccc(F)cc1)c1ccnc(Nc2ccccc2C(F)(F)F)c1. The van der Waals surface area contributed by atoms with Crippen molar-refractivity contribution in [2.24, 2.45) is 0 Å². The molecule has 4 nitrogen and oxygen atoms in total. The van der Waals surface area contributed by atoms with Crippen LogP contribution in [0.2, 0.25) is 0 Å². The summed E-state index contributed by atoms with van der Waals surface area (Å²) in [5.74, 6) is -0.705. The van der Waals surface area contributed by atoms with E-state index in [9.17, 15) is 22.4 Å². The quantitative estimate of drug-likeness (QED) is 0.610. The summed E-state index contributed by atoms with van der Waals surface area (Å²) >= 11 is 0. The molecule has 0 fully saturated rings. The van der Waals surface area contributed by atoms with Gasteiger partial charge in [-0.3, -0.25) is 4.79 Å². The van der Waals surface area contributed by atoms with Gasteiger partial charge in [0.15, 0.2) is 0 Å². The number of alkyl halides is 3. The lowest BCUT2D eigenvalue weighted by atomic mass is 10.1. The van der Waals surface area contributed by atoms with Crippen LogP contribution < -0.4 is 10.6 Å². The molecule has 3 rings (SSSR count). The van der Waals surface area contributed by atoms with Crippen molar-refractivity contribution in [1.82, 2.24) is 10.3 Å². The van der Waals surface area contributed by atoms with Gasteiger partial charge in [0.1, 0.15) is 11.6 Å². The first-order valence-electron chi connectivity index (χ1n) is 8.25. The van der Waals surface area contributed by atoms with Crippen molar-refractivity contribution >= 4 is 17.4 Å². The Hall–Kier alpha value is -3.42. The lowest BCUT2D eigenvalue weighted by Gasteiger charge is -2.14. The highest BCUT2D eigenvalue weighted by Crippen LogP contribution is 2.35. The summed E-state index contributed by atoms with van der Waals surface area (Å²) < 4.78 is 52.2. The normalized spacial score (nSPS) is 11.1. The molecule has 2 N–H and O–H groups in total. The molecular weight excluding hydrogens is 374 g/mol. The second-order valence-electron chi connectivity index (χ2n) is 5.91. The first kappa shape index (κ1) is 19.3. The van der Waals surface area contributed by atoms with Gasteiger partial charge < -0.3 is 10.6 Å². The molecule has 0 atom stereocenters. The number of nitrogens with one attached hydrogen (secondary N) is 2. The van der Waals surface area contributed by atoms with E-state index in [1.165, 1.54) is 48.7 Å². The number of carbonyl (C=O) groups is 1. The van der Waals surface area contributed by atoms with Crippen molar-refractivity contribution in [3.05, 3.63) is 89.4 Å². The number of carbonyl (C=O) groups excluding carboxylic acids is 1. The third-order valence-electron chi connectivity index (χ3n) is 3.88. The molecule has 1 amide bonds. The van der Waals surface area contributed by atoms with Gasteiger partial charge in [-0.15, -0.1) is 0 Å². The highest BCUT2D eigenvalue weighted by Gasteiger charge is 2.33. The predicted molar refractivity (Wildman–Crippen MR) is 96.5 cm³/mol. The number of anilines is 2. The zero-order chi connectivity index (χ0) is 20.1. The summed E-state index contributed by atoms with van der Waals surface area (Å²) in [4.78, 5) is 16.3. The maximum atomic E-state index is 13.1. The molecule has 1 aromatic heterocycles. The van der Waals surface area contributed by atoms with Crippen LogP contribution >= 0.6 is 0 Å². The van der Waals surface area contributed by atoms with Crippen molar-refractivity contribution in [3.63, 3.8) is 0 Å². The zero-order valence-electron chi connectivity index (χ0n) is 14.4. The minimum atomic E-state index is -4.52. The number of halogens is 4. The average Bonchev–Trinajstić information content (AvgIpc) is 2.67. The van der Waals surface area contributed by atoms with Crippen LogP contribution in [0.4, 0.5) is 29.1 Å². The first-order chi connectivity index (χ1) is 13.3. The maximum Gasteiger partial charge on any atom is 0.418 e. The van der Waals surface area contributed by atoms with Crippen molar-refractivity contribution in [3.8, 4) is 0 Å². The summed E-state index contributed by atoms with van der Waals surface area (Å²) in [6.45, 7) is 0.182. The second kappa shape index (κ2) is 8.08. The molecule has 0 aliphatic heterocycles. The van der Waals surface area contributed by atoms with Crippen molar-refractivity contribution in [2.75, 3.05) is 5.32 Å². The van der Waals surface area contributed by atoms with E-state index in [-0.39, 0.29) is 29.4 Å².